The second-order valence-corrected chi connectivity index (χ2v) is 5.09. The fourth-order valence-corrected chi connectivity index (χ4v) is 2.14. The number of hydrogen-bond donors (Lipinski definition) is 2. The van der Waals surface area contributed by atoms with Crippen molar-refractivity contribution in [1.82, 2.24) is 10.6 Å². The predicted octanol–water partition coefficient (Wildman–Crippen LogP) is 2.39. The molecule has 0 unspecified atom stereocenters. The zero-order valence-corrected chi connectivity index (χ0v) is 11.2. The van der Waals surface area contributed by atoms with Gasteiger partial charge >= 0.3 is 0 Å². The minimum atomic E-state index is -0.345. The van der Waals surface area contributed by atoms with Crippen molar-refractivity contribution in [2.24, 2.45) is 0 Å². The van der Waals surface area contributed by atoms with Crippen LogP contribution in [0.4, 0.5) is 0 Å². The molecule has 1 heterocycles. The third-order valence-electron chi connectivity index (χ3n) is 3.38. The third-order valence-corrected chi connectivity index (χ3v) is 3.38. The Labute approximate surface area is 118 Å². The monoisotopic (exact) mass is 270 g/mol. The normalized spacial score (nSPS) is 15.8. The van der Waals surface area contributed by atoms with Gasteiger partial charge in [-0.3, -0.25) is 10.1 Å². The standard InChI is InChI=1S/C16H18N2O2/c19-16(18-13-8-9-13)15(12-5-2-1-3-6-12)17-11-14-7-4-10-20-14/h1-7,10,13,15,17H,8-9,11H2,(H,18,19)/t15-/m0/s1. The van der Waals surface area contributed by atoms with Crippen molar-refractivity contribution in [2.75, 3.05) is 0 Å². The van der Waals surface area contributed by atoms with Gasteiger partial charge in [-0.2, -0.15) is 0 Å². The lowest BCUT2D eigenvalue weighted by Gasteiger charge is -2.18. The van der Waals surface area contributed by atoms with Crippen molar-refractivity contribution >= 4 is 5.91 Å². The van der Waals surface area contributed by atoms with E-state index in [1.54, 1.807) is 6.26 Å². The summed E-state index contributed by atoms with van der Waals surface area (Å²) in [6, 6.07) is 13.5. The Morgan fingerprint density at radius 1 is 1.20 bits per heavy atom. The van der Waals surface area contributed by atoms with E-state index in [1.165, 1.54) is 0 Å². The number of rotatable bonds is 6. The summed E-state index contributed by atoms with van der Waals surface area (Å²) in [6.07, 6.45) is 3.82. The van der Waals surface area contributed by atoms with Gasteiger partial charge in [0.05, 0.1) is 12.8 Å². The van der Waals surface area contributed by atoms with Crippen LogP contribution >= 0.6 is 0 Å². The molecule has 2 N–H and O–H groups in total. The highest BCUT2D eigenvalue weighted by atomic mass is 16.3. The maximum Gasteiger partial charge on any atom is 0.241 e. The molecule has 1 saturated carbocycles. The number of benzene rings is 1. The van der Waals surface area contributed by atoms with Gasteiger partial charge < -0.3 is 9.73 Å². The highest BCUT2D eigenvalue weighted by Gasteiger charge is 2.28. The lowest BCUT2D eigenvalue weighted by atomic mass is 10.1. The molecule has 1 fully saturated rings. The van der Waals surface area contributed by atoms with Crippen molar-refractivity contribution in [3.63, 3.8) is 0 Å². The highest BCUT2D eigenvalue weighted by Crippen LogP contribution is 2.21. The van der Waals surface area contributed by atoms with E-state index in [1.807, 2.05) is 42.5 Å². The Morgan fingerprint density at radius 3 is 2.65 bits per heavy atom. The molecule has 2 aromatic rings. The Morgan fingerprint density at radius 2 is 2.00 bits per heavy atom. The van der Waals surface area contributed by atoms with Gasteiger partial charge in [0.1, 0.15) is 11.8 Å². The van der Waals surface area contributed by atoms with Crippen molar-refractivity contribution in [2.45, 2.75) is 31.5 Å². The van der Waals surface area contributed by atoms with Gasteiger partial charge in [-0.25, -0.2) is 0 Å². The molecule has 0 saturated heterocycles. The van der Waals surface area contributed by atoms with E-state index in [4.69, 9.17) is 4.42 Å². The summed E-state index contributed by atoms with van der Waals surface area (Å²) in [5.41, 5.74) is 0.970. The van der Waals surface area contributed by atoms with Gasteiger partial charge in [0.2, 0.25) is 5.91 Å². The summed E-state index contributed by atoms with van der Waals surface area (Å²) >= 11 is 0. The first kappa shape index (κ1) is 12.9. The molecule has 1 amide bonds. The molecular formula is C16H18N2O2. The van der Waals surface area contributed by atoms with E-state index in [2.05, 4.69) is 10.6 Å². The number of carbonyl (C=O) groups is 1. The van der Waals surface area contributed by atoms with Crippen LogP contribution in [-0.4, -0.2) is 11.9 Å². The average Bonchev–Trinajstić information content (AvgIpc) is 3.13. The zero-order chi connectivity index (χ0) is 13.8. The van der Waals surface area contributed by atoms with Crippen LogP contribution in [0, 0.1) is 0 Å². The second kappa shape index (κ2) is 5.92. The lowest BCUT2D eigenvalue weighted by Crippen LogP contribution is -2.38. The summed E-state index contributed by atoms with van der Waals surface area (Å²) in [6.45, 7) is 0.532. The molecule has 0 bridgehead atoms. The molecule has 0 radical (unpaired) electrons. The fraction of sp³-hybridized carbons (Fsp3) is 0.312. The van der Waals surface area contributed by atoms with Gasteiger partial charge in [-0.1, -0.05) is 30.3 Å². The summed E-state index contributed by atoms with van der Waals surface area (Å²) < 4.78 is 5.30. The first-order valence-corrected chi connectivity index (χ1v) is 6.94. The van der Waals surface area contributed by atoms with Crippen LogP contribution < -0.4 is 10.6 Å². The van der Waals surface area contributed by atoms with Crippen LogP contribution in [0.2, 0.25) is 0 Å². The maximum atomic E-state index is 12.3. The van der Waals surface area contributed by atoms with E-state index < -0.39 is 0 Å². The Bertz CT molecular complexity index is 547. The Balaban J connectivity index is 1.70. The van der Waals surface area contributed by atoms with Gasteiger partial charge in [0.15, 0.2) is 0 Å². The number of furan rings is 1. The molecule has 1 aliphatic rings. The first-order chi connectivity index (χ1) is 9.83. The quantitative estimate of drug-likeness (QED) is 0.847. The van der Waals surface area contributed by atoms with Crippen LogP contribution in [0.3, 0.4) is 0 Å². The largest absolute Gasteiger partial charge is 0.468 e. The van der Waals surface area contributed by atoms with Crippen molar-refractivity contribution in [1.29, 1.82) is 0 Å². The molecule has 1 aliphatic carbocycles. The van der Waals surface area contributed by atoms with Crippen LogP contribution in [0.25, 0.3) is 0 Å². The SMILES string of the molecule is O=C(NC1CC1)[C@@H](NCc1ccco1)c1ccccc1. The predicted molar refractivity (Wildman–Crippen MR) is 75.9 cm³/mol. The second-order valence-electron chi connectivity index (χ2n) is 5.09. The van der Waals surface area contributed by atoms with Crippen LogP contribution in [0.5, 0.6) is 0 Å². The van der Waals surface area contributed by atoms with Gasteiger partial charge in [-0.05, 0) is 30.5 Å². The van der Waals surface area contributed by atoms with Gasteiger partial charge in [0.25, 0.3) is 0 Å². The van der Waals surface area contributed by atoms with Crippen LogP contribution in [-0.2, 0) is 11.3 Å². The highest BCUT2D eigenvalue weighted by molar-refractivity contribution is 5.83. The number of amides is 1. The molecule has 1 atom stereocenters. The first-order valence-electron chi connectivity index (χ1n) is 6.94. The average molecular weight is 270 g/mol. The zero-order valence-electron chi connectivity index (χ0n) is 11.2. The molecule has 1 aromatic carbocycles. The molecule has 3 rings (SSSR count). The van der Waals surface area contributed by atoms with Crippen LogP contribution in [0.15, 0.2) is 53.1 Å². The lowest BCUT2D eigenvalue weighted by molar-refractivity contribution is -0.123. The Hall–Kier alpha value is -2.07. The number of hydrogen-bond acceptors (Lipinski definition) is 3. The minimum Gasteiger partial charge on any atom is -0.468 e. The summed E-state index contributed by atoms with van der Waals surface area (Å²) in [5, 5.41) is 6.32. The maximum absolute atomic E-state index is 12.3. The number of carbonyl (C=O) groups excluding carboxylic acids is 1. The smallest absolute Gasteiger partial charge is 0.241 e. The Kier molecular flexibility index (Phi) is 3.83. The molecule has 104 valence electrons. The molecule has 0 spiro atoms. The van der Waals surface area contributed by atoms with Crippen LogP contribution in [0.1, 0.15) is 30.2 Å². The van der Waals surface area contributed by atoms with Crippen molar-refractivity contribution in [3.8, 4) is 0 Å². The summed E-state index contributed by atoms with van der Waals surface area (Å²) in [7, 11) is 0. The van der Waals surface area contributed by atoms with Crippen molar-refractivity contribution in [3.05, 3.63) is 60.1 Å². The molecule has 0 aliphatic heterocycles. The molecule has 4 nitrogen and oxygen atoms in total. The van der Waals surface area contributed by atoms with E-state index >= 15 is 0 Å². The number of nitrogens with one attached hydrogen (secondary N) is 2. The minimum absolute atomic E-state index is 0.0326. The third kappa shape index (κ3) is 3.27. The fourth-order valence-electron chi connectivity index (χ4n) is 2.14. The topological polar surface area (TPSA) is 54.3 Å². The van der Waals surface area contributed by atoms with Gasteiger partial charge in [-0.15, -0.1) is 0 Å². The van der Waals surface area contributed by atoms with E-state index in [-0.39, 0.29) is 11.9 Å². The summed E-state index contributed by atoms with van der Waals surface area (Å²) in [4.78, 5) is 12.3. The van der Waals surface area contributed by atoms with E-state index in [0.29, 0.717) is 12.6 Å². The molecule has 4 heteroatoms. The molecule has 1 aromatic heterocycles. The molecule has 20 heavy (non-hydrogen) atoms. The van der Waals surface area contributed by atoms with E-state index in [0.717, 1.165) is 24.2 Å². The molecular weight excluding hydrogens is 252 g/mol. The van der Waals surface area contributed by atoms with Gasteiger partial charge in [0, 0.05) is 6.04 Å². The van der Waals surface area contributed by atoms with Crippen molar-refractivity contribution < 1.29 is 9.21 Å². The summed E-state index contributed by atoms with van der Waals surface area (Å²) in [5.74, 6) is 0.857. The van der Waals surface area contributed by atoms with E-state index in [9.17, 15) is 4.79 Å².